The largest absolute Gasteiger partial charge is 0.441 e. The molecule has 70 valence electrons. The van der Waals surface area contributed by atoms with Crippen molar-refractivity contribution < 1.29 is 4.74 Å². The maximum Gasteiger partial charge on any atom is 0.197 e. The molecule has 0 fully saturated rings. The quantitative estimate of drug-likeness (QED) is 0.667. The third-order valence-electron chi connectivity index (χ3n) is 2.56. The Kier molecular flexibility index (Phi) is 1.60. The van der Waals surface area contributed by atoms with Gasteiger partial charge >= 0.3 is 0 Å². The summed E-state index contributed by atoms with van der Waals surface area (Å²) in [5.74, 6) is 1.90. The van der Waals surface area contributed by atoms with Crippen LogP contribution in [0.4, 0.5) is 0 Å². The molecule has 1 N–H and O–H groups in total. The second-order valence-electron chi connectivity index (χ2n) is 3.52. The molecule has 0 atom stereocenters. The summed E-state index contributed by atoms with van der Waals surface area (Å²) in [5, 5.41) is 3.23. The van der Waals surface area contributed by atoms with E-state index in [0.29, 0.717) is 0 Å². The van der Waals surface area contributed by atoms with E-state index in [1.54, 1.807) is 0 Å². The highest BCUT2D eigenvalue weighted by atomic mass is 16.5. The summed E-state index contributed by atoms with van der Waals surface area (Å²) in [6.07, 6.45) is 5.23. The van der Waals surface area contributed by atoms with Crippen molar-refractivity contribution in [3.8, 4) is 5.75 Å². The van der Waals surface area contributed by atoms with Crippen LogP contribution in [0.15, 0.2) is 47.9 Å². The zero-order chi connectivity index (χ0) is 9.38. The molecule has 2 heterocycles. The van der Waals surface area contributed by atoms with Gasteiger partial charge in [0.2, 0.25) is 0 Å². The van der Waals surface area contributed by atoms with E-state index in [1.807, 2.05) is 18.2 Å². The number of ether oxygens (including phenoxy) is 1. The van der Waals surface area contributed by atoms with Gasteiger partial charge in [-0.3, -0.25) is 0 Å². The monoisotopic (exact) mass is 185 g/mol. The van der Waals surface area contributed by atoms with E-state index in [-0.39, 0.29) is 0 Å². The topological polar surface area (TPSA) is 21.3 Å². The summed E-state index contributed by atoms with van der Waals surface area (Å²) in [6, 6.07) is 8.18. The first kappa shape index (κ1) is 7.68. The fourth-order valence-corrected chi connectivity index (χ4v) is 1.85. The SMILES string of the molecule is C1=CC2=C(NC1)Oc1ccccc1C2. The lowest BCUT2D eigenvalue weighted by Crippen LogP contribution is -2.26. The molecule has 3 rings (SSSR count). The van der Waals surface area contributed by atoms with Gasteiger partial charge in [-0.15, -0.1) is 0 Å². The van der Waals surface area contributed by atoms with Gasteiger partial charge in [0.05, 0.1) is 0 Å². The smallest absolute Gasteiger partial charge is 0.197 e. The molecular weight excluding hydrogens is 174 g/mol. The third-order valence-corrected chi connectivity index (χ3v) is 2.56. The predicted molar refractivity (Wildman–Crippen MR) is 54.9 cm³/mol. The van der Waals surface area contributed by atoms with Crippen molar-refractivity contribution in [1.29, 1.82) is 0 Å². The normalized spacial score (nSPS) is 18.0. The van der Waals surface area contributed by atoms with E-state index in [1.165, 1.54) is 11.1 Å². The fraction of sp³-hybridized carbons (Fsp3) is 0.167. The predicted octanol–water partition coefficient (Wildman–Crippen LogP) is 1.99. The molecule has 0 spiro atoms. The number of rotatable bonds is 0. The van der Waals surface area contributed by atoms with Gasteiger partial charge in [0.25, 0.3) is 0 Å². The first-order chi connectivity index (χ1) is 6.93. The summed E-state index contributed by atoms with van der Waals surface area (Å²) in [7, 11) is 0. The van der Waals surface area contributed by atoms with Crippen molar-refractivity contribution in [3.05, 3.63) is 53.4 Å². The van der Waals surface area contributed by atoms with Gasteiger partial charge in [-0.05, 0) is 11.6 Å². The molecule has 0 radical (unpaired) electrons. The second-order valence-corrected chi connectivity index (χ2v) is 3.52. The molecule has 2 nitrogen and oxygen atoms in total. The van der Waals surface area contributed by atoms with Crippen molar-refractivity contribution in [2.45, 2.75) is 6.42 Å². The highest BCUT2D eigenvalue weighted by molar-refractivity contribution is 5.45. The lowest BCUT2D eigenvalue weighted by Gasteiger charge is -2.24. The van der Waals surface area contributed by atoms with Crippen LogP contribution in [-0.4, -0.2) is 6.54 Å². The average molecular weight is 185 g/mol. The molecule has 2 aliphatic rings. The van der Waals surface area contributed by atoms with E-state index in [0.717, 1.165) is 24.6 Å². The van der Waals surface area contributed by atoms with Crippen LogP contribution in [0.1, 0.15) is 5.56 Å². The second kappa shape index (κ2) is 2.91. The Morgan fingerprint density at radius 3 is 3.14 bits per heavy atom. The van der Waals surface area contributed by atoms with Gasteiger partial charge in [-0.1, -0.05) is 30.4 Å². The lowest BCUT2D eigenvalue weighted by atomic mass is 10.0. The van der Waals surface area contributed by atoms with E-state index in [2.05, 4.69) is 23.5 Å². The van der Waals surface area contributed by atoms with Crippen LogP contribution in [0.25, 0.3) is 0 Å². The number of allylic oxidation sites excluding steroid dienone is 2. The molecule has 1 aromatic carbocycles. The number of hydrogen-bond acceptors (Lipinski definition) is 2. The Morgan fingerprint density at radius 2 is 2.14 bits per heavy atom. The van der Waals surface area contributed by atoms with Crippen molar-refractivity contribution in [1.82, 2.24) is 5.32 Å². The molecule has 1 aromatic rings. The number of hydrogen-bond donors (Lipinski definition) is 1. The van der Waals surface area contributed by atoms with Crippen molar-refractivity contribution in [3.63, 3.8) is 0 Å². The van der Waals surface area contributed by atoms with Crippen LogP contribution in [-0.2, 0) is 6.42 Å². The Bertz CT molecular complexity index is 432. The molecule has 14 heavy (non-hydrogen) atoms. The highest BCUT2D eigenvalue weighted by Gasteiger charge is 2.18. The highest BCUT2D eigenvalue weighted by Crippen LogP contribution is 2.30. The summed E-state index contributed by atoms with van der Waals surface area (Å²) < 4.78 is 5.75. The number of nitrogens with one attached hydrogen (secondary N) is 1. The van der Waals surface area contributed by atoms with Gasteiger partial charge < -0.3 is 10.1 Å². The van der Waals surface area contributed by atoms with E-state index in [4.69, 9.17) is 4.74 Å². The summed E-state index contributed by atoms with van der Waals surface area (Å²) in [4.78, 5) is 0. The summed E-state index contributed by atoms with van der Waals surface area (Å²) >= 11 is 0. The maximum atomic E-state index is 5.75. The standard InChI is InChI=1S/C12H11NO/c1-2-6-11-9(4-1)8-10-5-3-7-13-12(10)14-11/h1-6,13H,7-8H2. The van der Waals surface area contributed by atoms with Gasteiger partial charge in [0.1, 0.15) is 5.75 Å². The van der Waals surface area contributed by atoms with Gasteiger partial charge in [-0.25, -0.2) is 0 Å². The van der Waals surface area contributed by atoms with Crippen LogP contribution in [0.3, 0.4) is 0 Å². The zero-order valence-corrected chi connectivity index (χ0v) is 7.79. The molecular formula is C12H11NO. The minimum atomic E-state index is 0.862. The molecule has 0 saturated carbocycles. The van der Waals surface area contributed by atoms with Crippen LogP contribution in [0.5, 0.6) is 5.75 Å². The van der Waals surface area contributed by atoms with E-state index in [9.17, 15) is 0 Å². The van der Waals surface area contributed by atoms with Crippen molar-refractivity contribution in [2.24, 2.45) is 0 Å². The molecule has 2 aliphatic heterocycles. The third kappa shape index (κ3) is 1.11. The minimum absolute atomic E-state index is 0.862. The van der Waals surface area contributed by atoms with Crippen LogP contribution < -0.4 is 10.1 Å². The molecule has 0 aromatic heterocycles. The van der Waals surface area contributed by atoms with Crippen LogP contribution >= 0.6 is 0 Å². The maximum absolute atomic E-state index is 5.75. The number of dihydropyridines is 1. The van der Waals surface area contributed by atoms with E-state index >= 15 is 0 Å². The average Bonchev–Trinajstić information content (AvgIpc) is 2.26. The van der Waals surface area contributed by atoms with Gasteiger partial charge in [0.15, 0.2) is 5.88 Å². The Hall–Kier alpha value is -1.70. The number of para-hydroxylation sites is 1. The molecule has 0 bridgehead atoms. The van der Waals surface area contributed by atoms with Gasteiger partial charge in [-0.2, -0.15) is 0 Å². The van der Waals surface area contributed by atoms with Crippen LogP contribution in [0, 0.1) is 0 Å². The molecule has 0 unspecified atom stereocenters. The Balaban J connectivity index is 2.03. The van der Waals surface area contributed by atoms with E-state index < -0.39 is 0 Å². The van der Waals surface area contributed by atoms with Crippen molar-refractivity contribution >= 4 is 0 Å². The molecule has 0 aliphatic carbocycles. The Labute approximate surface area is 82.9 Å². The number of benzene rings is 1. The van der Waals surface area contributed by atoms with Gasteiger partial charge in [0, 0.05) is 18.5 Å². The van der Waals surface area contributed by atoms with Crippen LogP contribution in [0.2, 0.25) is 0 Å². The zero-order valence-electron chi connectivity index (χ0n) is 7.79. The first-order valence-electron chi connectivity index (χ1n) is 4.83. The molecule has 0 saturated heterocycles. The first-order valence-corrected chi connectivity index (χ1v) is 4.83. The molecule has 2 heteroatoms. The molecule has 0 amide bonds. The minimum Gasteiger partial charge on any atom is -0.441 e. The number of fused-ring (bicyclic) bond motifs is 1. The lowest BCUT2D eigenvalue weighted by molar-refractivity contribution is 0.364. The Morgan fingerprint density at radius 1 is 1.21 bits per heavy atom. The summed E-state index contributed by atoms with van der Waals surface area (Å²) in [6.45, 7) is 0.862. The summed E-state index contributed by atoms with van der Waals surface area (Å²) in [5.41, 5.74) is 2.51. The van der Waals surface area contributed by atoms with Crippen molar-refractivity contribution in [2.75, 3.05) is 6.54 Å². The fourth-order valence-electron chi connectivity index (χ4n) is 1.85.